The lowest BCUT2D eigenvalue weighted by Gasteiger charge is -2.29. The first-order valence-corrected chi connectivity index (χ1v) is 6.15. The number of carboxylic acid groups (broad SMARTS) is 1. The van der Waals surface area contributed by atoms with Crippen LogP contribution in [0.25, 0.3) is 0 Å². The number of aliphatic hydroxyl groups excluding tert-OH is 1. The van der Waals surface area contributed by atoms with Crippen LogP contribution in [-0.2, 0) is 0 Å². The zero-order chi connectivity index (χ0) is 13.0. The van der Waals surface area contributed by atoms with Crippen molar-refractivity contribution in [3.63, 3.8) is 0 Å². The predicted molar refractivity (Wildman–Crippen MR) is 65.7 cm³/mol. The monoisotopic (exact) mass is 251 g/mol. The Labute approximate surface area is 105 Å². The first-order valence-electron chi connectivity index (χ1n) is 6.15. The summed E-state index contributed by atoms with van der Waals surface area (Å²) in [7, 11) is 0. The Morgan fingerprint density at radius 2 is 2.17 bits per heavy atom. The fourth-order valence-electron chi connectivity index (χ4n) is 2.25. The molecule has 6 heteroatoms. The van der Waals surface area contributed by atoms with Crippen molar-refractivity contribution in [3.8, 4) is 0 Å². The van der Waals surface area contributed by atoms with Gasteiger partial charge in [-0.3, -0.25) is 0 Å². The third-order valence-corrected chi connectivity index (χ3v) is 3.24. The molecule has 1 saturated heterocycles. The molecule has 1 aromatic heterocycles. The molecule has 2 rings (SSSR count). The summed E-state index contributed by atoms with van der Waals surface area (Å²) in [6.45, 7) is 0.911. The van der Waals surface area contributed by atoms with Gasteiger partial charge in [-0.1, -0.05) is 12.8 Å². The van der Waals surface area contributed by atoms with E-state index in [0.29, 0.717) is 5.82 Å². The highest BCUT2D eigenvalue weighted by Crippen LogP contribution is 2.21. The second kappa shape index (κ2) is 5.77. The molecule has 1 aliphatic heterocycles. The largest absolute Gasteiger partial charge is 0.476 e. The minimum atomic E-state index is -1.08. The molecule has 1 aliphatic rings. The molecular formula is C12H17N3O3. The lowest BCUT2D eigenvalue weighted by molar-refractivity contribution is 0.0690. The van der Waals surface area contributed by atoms with Crippen LogP contribution < -0.4 is 4.90 Å². The van der Waals surface area contributed by atoms with Gasteiger partial charge in [0, 0.05) is 6.54 Å². The Bertz CT molecular complexity index is 408. The fourth-order valence-corrected chi connectivity index (χ4v) is 2.25. The maximum atomic E-state index is 10.7. The van der Waals surface area contributed by atoms with Gasteiger partial charge in [-0.2, -0.15) is 0 Å². The Morgan fingerprint density at radius 3 is 2.78 bits per heavy atom. The van der Waals surface area contributed by atoms with Crippen molar-refractivity contribution in [2.75, 3.05) is 18.1 Å². The first-order chi connectivity index (χ1) is 8.72. The maximum Gasteiger partial charge on any atom is 0.356 e. The van der Waals surface area contributed by atoms with Gasteiger partial charge in [0.2, 0.25) is 0 Å². The van der Waals surface area contributed by atoms with E-state index in [2.05, 4.69) is 9.97 Å². The molecule has 0 spiro atoms. The van der Waals surface area contributed by atoms with E-state index in [9.17, 15) is 9.90 Å². The molecule has 2 N–H and O–H groups in total. The van der Waals surface area contributed by atoms with Crippen molar-refractivity contribution in [2.45, 2.75) is 31.7 Å². The van der Waals surface area contributed by atoms with Crippen LogP contribution in [-0.4, -0.2) is 45.3 Å². The number of nitrogens with zero attached hydrogens (tertiary/aromatic N) is 3. The predicted octanol–water partition coefficient (Wildman–Crippen LogP) is 0.916. The van der Waals surface area contributed by atoms with Crippen LogP contribution in [0.4, 0.5) is 5.82 Å². The van der Waals surface area contributed by atoms with Crippen molar-refractivity contribution in [2.24, 2.45) is 0 Å². The van der Waals surface area contributed by atoms with Crippen molar-refractivity contribution in [3.05, 3.63) is 18.1 Å². The van der Waals surface area contributed by atoms with Crippen LogP contribution in [0, 0.1) is 0 Å². The number of rotatable bonds is 3. The molecule has 98 valence electrons. The molecular weight excluding hydrogens is 234 g/mol. The number of hydrogen-bond acceptors (Lipinski definition) is 5. The molecule has 2 heterocycles. The van der Waals surface area contributed by atoms with Crippen LogP contribution in [0.3, 0.4) is 0 Å². The van der Waals surface area contributed by atoms with Crippen LogP contribution in [0.15, 0.2) is 12.4 Å². The summed E-state index contributed by atoms with van der Waals surface area (Å²) in [5, 5.41) is 18.2. The number of aromatic carboxylic acids is 1. The second-order valence-corrected chi connectivity index (χ2v) is 4.44. The van der Waals surface area contributed by atoms with Crippen LogP contribution in [0.2, 0.25) is 0 Å². The first kappa shape index (κ1) is 12.8. The van der Waals surface area contributed by atoms with E-state index in [1.807, 2.05) is 4.90 Å². The third-order valence-electron chi connectivity index (χ3n) is 3.24. The Kier molecular flexibility index (Phi) is 4.09. The van der Waals surface area contributed by atoms with Crippen molar-refractivity contribution >= 4 is 11.8 Å². The van der Waals surface area contributed by atoms with E-state index in [0.717, 1.165) is 32.2 Å². The smallest absolute Gasteiger partial charge is 0.356 e. The molecule has 1 unspecified atom stereocenters. The van der Waals surface area contributed by atoms with Crippen molar-refractivity contribution in [1.82, 2.24) is 9.97 Å². The van der Waals surface area contributed by atoms with Gasteiger partial charge in [-0.15, -0.1) is 0 Å². The molecule has 0 saturated carbocycles. The SMILES string of the molecule is O=C(O)c1cnc(N2CCCCCC2CO)cn1. The summed E-state index contributed by atoms with van der Waals surface area (Å²) < 4.78 is 0. The zero-order valence-corrected chi connectivity index (χ0v) is 10.1. The molecule has 0 radical (unpaired) electrons. The quantitative estimate of drug-likeness (QED) is 0.830. The Balaban J connectivity index is 2.19. The van der Waals surface area contributed by atoms with Crippen LogP contribution in [0.1, 0.15) is 36.2 Å². The summed E-state index contributed by atoms with van der Waals surface area (Å²) in [5.74, 6) is -0.440. The van der Waals surface area contributed by atoms with Gasteiger partial charge in [-0.25, -0.2) is 14.8 Å². The Morgan fingerprint density at radius 1 is 1.33 bits per heavy atom. The van der Waals surface area contributed by atoms with Gasteiger partial charge in [0.15, 0.2) is 5.69 Å². The van der Waals surface area contributed by atoms with E-state index in [1.54, 1.807) is 0 Å². The average Bonchev–Trinajstić information content (AvgIpc) is 2.63. The lowest BCUT2D eigenvalue weighted by atomic mass is 10.1. The van der Waals surface area contributed by atoms with Crippen LogP contribution in [0.5, 0.6) is 0 Å². The molecule has 0 aliphatic carbocycles. The highest BCUT2D eigenvalue weighted by Gasteiger charge is 2.22. The molecule has 18 heavy (non-hydrogen) atoms. The topological polar surface area (TPSA) is 86.5 Å². The standard InChI is InChI=1S/C12H17N3O3/c16-8-9-4-2-1-3-5-15(9)11-7-13-10(6-14-11)12(17)18/h6-7,9,16H,1-5,8H2,(H,17,18). The highest BCUT2D eigenvalue weighted by molar-refractivity contribution is 5.84. The van der Waals surface area contributed by atoms with E-state index >= 15 is 0 Å². The highest BCUT2D eigenvalue weighted by atomic mass is 16.4. The van der Waals surface area contributed by atoms with Gasteiger partial charge in [0.1, 0.15) is 5.82 Å². The van der Waals surface area contributed by atoms with Gasteiger partial charge >= 0.3 is 5.97 Å². The van der Waals surface area contributed by atoms with E-state index in [4.69, 9.17) is 5.11 Å². The number of carbonyl (C=O) groups is 1. The lowest BCUT2D eigenvalue weighted by Crippen LogP contribution is -2.38. The van der Waals surface area contributed by atoms with Gasteiger partial charge < -0.3 is 15.1 Å². The number of anilines is 1. The summed E-state index contributed by atoms with van der Waals surface area (Å²) in [4.78, 5) is 20.7. The maximum absolute atomic E-state index is 10.7. The average molecular weight is 251 g/mol. The summed E-state index contributed by atoms with van der Waals surface area (Å²) in [6.07, 6.45) is 6.96. The molecule has 1 fully saturated rings. The summed E-state index contributed by atoms with van der Waals surface area (Å²) in [6, 6.07) is 0.0532. The number of aliphatic hydroxyl groups is 1. The number of carboxylic acids is 1. The van der Waals surface area contributed by atoms with E-state index in [-0.39, 0.29) is 18.3 Å². The normalized spacial score (nSPS) is 20.5. The van der Waals surface area contributed by atoms with Gasteiger partial charge in [-0.05, 0) is 12.8 Å². The number of hydrogen-bond donors (Lipinski definition) is 2. The molecule has 1 atom stereocenters. The van der Waals surface area contributed by atoms with E-state index in [1.165, 1.54) is 12.4 Å². The summed E-state index contributed by atoms with van der Waals surface area (Å²) in [5.41, 5.74) is -0.0610. The second-order valence-electron chi connectivity index (χ2n) is 4.44. The molecule has 0 aromatic carbocycles. The molecule has 6 nitrogen and oxygen atoms in total. The fraction of sp³-hybridized carbons (Fsp3) is 0.583. The molecule has 1 aromatic rings. The molecule has 0 amide bonds. The van der Waals surface area contributed by atoms with Crippen molar-refractivity contribution < 1.29 is 15.0 Å². The van der Waals surface area contributed by atoms with Crippen LogP contribution >= 0.6 is 0 Å². The minimum absolute atomic E-state index is 0.0532. The van der Waals surface area contributed by atoms with Gasteiger partial charge in [0.25, 0.3) is 0 Å². The summed E-state index contributed by atoms with van der Waals surface area (Å²) >= 11 is 0. The number of aromatic nitrogens is 2. The van der Waals surface area contributed by atoms with Crippen molar-refractivity contribution in [1.29, 1.82) is 0 Å². The Hall–Kier alpha value is -1.69. The zero-order valence-electron chi connectivity index (χ0n) is 10.1. The van der Waals surface area contributed by atoms with E-state index < -0.39 is 5.97 Å². The molecule has 0 bridgehead atoms. The van der Waals surface area contributed by atoms with Gasteiger partial charge in [0.05, 0.1) is 25.0 Å². The third kappa shape index (κ3) is 2.76. The minimum Gasteiger partial charge on any atom is -0.476 e.